The molecule has 1 heterocycles. The Morgan fingerprint density at radius 3 is 2.76 bits per heavy atom. The zero-order chi connectivity index (χ0) is 12.9. The molecule has 0 amide bonds. The molecule has 0 aromatic carbocycles. The van der Waals surface area contributed by atoms with Crippen molar-refractivity contribution in [3.05, 3.63) is 0 Å². The van der Waals surface area contributed by atoms with E-state index >= 15 is 0 Å². The van der Waals surface area contributed by atoms with Crippen molar-refractivity contribution in [2.24, 2.45) is 16.8 Å². The number of nitrogens with two attached hydrogens (primary N) is 1. The van der Waals surface area contributed by atoms with E-state index in [1.807, 2.05) is 0 Å². The van der Waals surface area contributed by atoms with Crippen LogP contribution in [-0.4, -0.2) is 30.8 Å². The first-order valence-corrected chi connectivity index (χ1v) is 6.34. The minimum absolute atomic E-state index is 0.0618. The summed E-state index contributed by atoms with van der Waals surface area (Å²) in [7, 11) is 0. The van der Waals surface area contributed by atoms with E-state index in [-0.39, 0.29) is 5.60 Å². The maximum absolute atomic E-state index is 5.68. The van der Waals surface area contributed by atoms with Gasteiger partial charge in [0.15, 0.2) is 0 Å². The van der Waals surface area contributed by atoms with Gasteiger partial charge in [0.1, 0.15) is 0 Å². The van der Waals surface area contributed by atoms with Gasteiger partial charge in [-0.1, -0.05) is 13.8 Å². The fourth-order valence-electron chi connectivity index (χ4n) is 1.96. The summed E-state index contributed by atoms with van der Waals surface area (Å²) in [5, 5.41) is 3.35. The summed E-state index contributed by atoms with van der Waals surface area (Å²) in [5.41, 5.74) is 2.57. The molecule has 4 N–H and O–H groups in total. The van der Waals surface area contributed by atoms with E-state index in [1.54, 1.807) is 0 Å². The number of hydrogen-bond acceptors (Lipinski definition) is 3. The van der Waals surface area contributed by atoms with Crippen LogP contribution in [0.1, 0.15) is 40.5 Å². The van der Waals surface area contributed by atoms with Gasteiger partial charge in [0, 0.05) is 19.2 Å². The largest absolute Gasteiger partial charge is 0.375 e. The van der Waals surface area contributed by atoms with Crippen LogP contribution in [0.2, 0.25) is 0 Å². The molecule has 1 aliphatic rings. The SMILES string of the molecule is CC(C)CN=C(NN)NC1CCOC(C)(C)C1. The van der Waals surface area contributed by atoms with Crippen LogP contribution in [-0.2, 0) is 4.74 Å². The predicted octanol–water partition coefficient (Wildman–Crippen LogP) is 1.01. The van der Waals surface area contributed by atoms with Crippen LogP contribution < -0.4 is 16.6 Å². The molecule has 100 valence electrons. The lowest BCUT2D eigenvalue weighted by Crippen LogP contribution is -2.51. The molecule has 5 nitrogen and oxygen atoms in total. The molecule has 1 rings (SSSR count). The molecule has 0 radical (unpaired) electrons. The highest BCUT2D eigenvalue weighted by molar-refractivity contribution is 5.79. The summed E-state index contributed by atoms with van der Waals surface area (Å²) in [6, 6.07) is 0.376. The Labute approximate surface area is 104 Å². The number of nitrogens with one attached hydrogen (secondary N) is 2. The van der Waals surface area contributed by atoms with Crippen molar-refractivity contribution in [1.29, 1.82) is 0 Å². The molecular weight excluding hydrogens is 216 g/mol. The number of nitrogens with zero attached hydrogens (tertiary/aromatic N) is 1. The van der Waals surface area contributed by atoms with Crippen molar-refractivity contribution in [2.75, 3.05) is 13.2 Å². The number of hydrogen-bond donors (Lipinski definition) is 3. The second-order valence-corrected chi connectivity index (χ2v) is 5.67. The maximum Gasteiger partial charge on any atom is 0.205 e. The van der Waals surface area contributed by atoms with E-state index in [1.165, 1.54) is 0 Å². The first-order chi connectivity index (χ1) is 7.93. The van der Waals surface area contributed by atoms with E-state index in [9.17, 15) is 0 Å². The molecule has 1 atom stereocenters. The Morgan fingerprint density at radius 2 is 2.24 bits per heavy atom. The van der Waals surface area contributed by atoms with Crippen LogP contribution in [0.15, 0.2) is 4.99 Å². The summed E-state index contributed by atoms with van der Waals surface area (Å²) in [6.45, 7) is 10.1. The molecular formula is C12H26N4O. The highest BCUT2D eigenvalue weighted by Crippen LogP contribution is 2.23. The first kappa shape index (κ1) is 14.3. The predicted molar refractivity (Wildman–Crippen MR) is 70.7 cm³/mol. The third-order valence-corrected chi connectivity index (χ3v) is 2.79. The molecule has 0 aliphatic carbocycles. The minimum Gasteiger partial charge on any atom is -0.375 e. The highest BCUT2D eigenvalue weighted by atomic mass is 16.5. The fourth-order valence-corrected chi connectivity index (χ4v) is 1.96. The number of rotatable bonds is 3. The van der Waals surface area contributed by atoms with Crippen molar-refractivity contribution in [2.45, 2.75) is 52.2 Å². The van der Waals surface area contributed by atoms with Crippen molar-refractivity contribution in [1.82, 2.24) is 10.7 Å². The number of ether oxygens (including phenoxy) is 1. The summed E-state index contributed by atoms with van der Waals surface area (Å²) in [5.74, 6) is 6.68. The number of guanidine groups is 1. The molecule has 0 saturated carbocycles. The Balaban J connectivity index is 2.47. The molecule has 1 aliphatic heterocycles. The Morgan fingerprint density at radius 1 is 1.53 bits per heavy atom. The summed E-state index contributed by atoms with van der Waals surface area (Å²) >= 11 is 0. The smallest absolute Gasteiger partial charge is 0.205 e. The average Bonchev–Trinajstić information content (AvgIpc) is 2.22. The number of hydrazine groups is 1. The van der Waals surface area contributed by atoms with E-state index in [0.717, 1.165) is 26.0 Å². The molecule has 1 fully saturated rings. The van der Waals surface area contributed by atoms with Gasteiger partial charge in [-0.05, 0) is 32.6 Å². The third-order valence-electron chi connectivity index (χ3n) is 2.79. The Bertz CT molecular complexity index is 263. The molecule has 1 unspecified atom stereocenters. The van der Waals surface area contributed by atoms with Gasteiger partial charge in [0.25, 0.3) is 0 Å². The summed E-state index contributed by atoms with van der Waals surface area (Å²) in [6.07, 6.45) is 1.96. The minimum atomic E-state index is -0.0618. The molecule has 0 aromatic rings. The lowest BCUT2D eigenvalue weighted by atomic mass is 9.94. The zero-order valence-electron chi connectivity index (χ0n) is 11.4. The quantitative estimate of drug-likeness (QED) is 0.299. The topological polar surface area (TPSA) is 71.7 Å². The van der Waals surface area contributed by atoms with E-state index in [0.29, 0.717) is 17.9 Å². The Hall–Kier alpha value is -0.810. The van der Waals surface area contributed by atoms with E-state index in [2.05, 4.69) is 43.4 Å². The average molecular weight is 242 g/mol. The van der Waals surface area contributed by atoms with Gasteiger partial charge in [0.05, 0.1) is 5.60 Å². The lowest BCUT2D eigenvalue weighted by Gasteiger charge is -2.36. The van der Waals surface area contributed by atoms with E-state index in [4.69, 9.17) is 10.6 Å². The second-order valence-electron chi connectivity index (χ2n) is 5.67. The van der Waals surface area contributed by atoms with Gasteiger partial charge in [-0.3, -0.25) is 10.4 Å². The maximum atomic E-state index is 5.68. The van der Waals surface area contributed by atoms with Gasteiger partial charge < -0.3 is 10.1 Å². The second kappa shape index (κ2) is 6.21. The molecule has 1 saturated heterocycles. The highest BCUT2D eigenvalue weighted by Gasteiger charge is 2.29. The van der Waals surface area contributed by atoms with Crippen LogP contribution >= 0.6 is 0 Å². The lowest BCUT2D eigenvalue weighted by molar-refractivity contribution is -0.0605. The van der Waals surface area contributed by atoms with Crippen molar-refractivity contribution in [3.63, 3.8) is 0 Å². The van der Waals surface area contributed by atoms with Crippen molar-refractivity contribution < 1.29 is 4.74 Å². The van der Waals surface area contributed by atoms with Gasteiger partial charge in [-0.15, -0.1) is 0 Å². The molecule has 0 spiro atoms. The summed E-state index contributed by atoms with van der Waals surface area (Å²) in [4.78, 5) is 4.41. The van der Waals surface area contributed by atoms with Gasteiger partial charge in [-0.2, -0.15) is 0 Å². The van der Waals surface area contributed by atoms with E-state index < -0.39 is 0 Å². The molecule has 0 bridgehead atoms. The zero-order valence-corrected chi connectivity index (χ0v) is 11.4. The monoisotopic (exact) mass is 242 g/mol. The van der Waals surface area contributed by atoms with Gasteiger partial charge in [-0.25, -0.2) is 5.84 Å². The van der Waals surface area contributed by atoms with Crippen LogP contribution in [0.3, 0.4) is 0 Å². The number of aliphatic imine (C=N–C) groups is 1. The normalized spacial score (nSPS) is 24.8. The van der Waals surface area contributed by atoms with Crippen LogP contribution in [0.5, 0.6) is 0 Å². The third kappa shape index (κ3) is 5.37. The molecule has 17 heavy (non-hydrogen) atoms. The first-order valence-electron chi connectivity index (χ1n) is 6.34. The van der Waals surface area contributed by atoms with Gasteiger partial charge in [0.2, 0.25) is 5.96 Å². The Kier molecular flexibility index (Phi) is 5.21. The van der Waals surface area contributed by atoms with Crippen LogP contribution in [0.4, 0.5) is 0 Å². The van der Waals surface area contributed by atoms with Gasteiger partial charge >= 0.3 is 0 Å². The fraction of sp³-hybridized carbons (Fsp3) is 0.917. The van der Waals surface area contributed by atoms with Crippen LogP contribution in [0, 0.1) is 5.92 Å². The molecule has 0 aromatic heterocycles. The molecule has 5 heteroatoms. The standard InChI is InChI=1S/C12H26N4O/c1-9(2)8-14-11(16-13)15-10-5-6-17-12(3,4)7-10/h9-10H,5-8,13H2,1-4H3,(H2,14,15,16). The van der Waals surface area contributed by atoms with Crippen molar-refractivity contribution in [3.8, 4) is 0 Å². The van der Waals surface area contributed by atoms with Crippen LogP contribution in [0.25, 0.3) is 0 Å². The van der Waals surface area contributed by atoms with Crippen molar-refractivity contribution >= 4 is 5.96 Å². The summed E-state index contributed by atoms with van der Waals surface area (Å²) < 4.78 is 5.68.